The van der Waals surface area contributed by atoms with Crippen LogP contribution in [-0.4, -0.2) is 5.11 Å². The zero-order valence-corrected chi connectivity index (χ0v) is 10.4. The first-order chi connectivity index (χ1) is 9.06. The standard InChI is InChI=1S/C15H14F2O2/c1-10(18)14-6-5-13(17)8-15(14)19-9-11-3-2-4-12(16)7-11/h2-8,10,18H,9H2,1H3. The fourth-order valence-corrected chi connectivity index (χ4v) is 1.77. The number of halogens is 2. The molecule has 0 aromatic heterocycles. The zero-order chi connectivity index (χ0) is 13.8. The van der Waals surface area contributed by atoms with Crippen LogP contribution in [0.15, 0.2) is 42.5 Å². The molecular weight excluding hydrogens is 250 g/mol. The summed E-state index contributed by atoms with van der Waals surface area (Å²) in [4.78, 5) is 0. The van der Waals surface area contributed by atoms with E-state index in [0.717, 1.165) is 0 Å². The lowest BCUT2D eigenvalue weighted by Crippen LogP contribution is -2.01. The quantitative estimate of drug-likeness (QED) is 0.914. The smallest absolute Gasteiger partial charge is 0.128 e. The first-order valence-electron chi connectivity index (χ1n) is 5.91. The fraction of sp³-hybridized carbons (Fsp3) is 0.200. The molecule has 0 fully saturated rings. The molecule has 2 aromatic carbocycles. The van der Waals surface area contributed by atoms with Crippen molar-refractivity contribution in [2.24, 2.45) is 0 Å². The van der Waals surface area contributed by atoms with Crippen LogP contribution in [0.3, 0.4) is 0 Å². The lowest BCUT2D eigenvalue weighted by atomic mass is 10.1. The van der Waals surface area contributed by atoms with Crippen molar-refractivity contribution < 1.29 is 18.6 Å². The second-order valence-electron chi connectivity index (χ2n) is 4.28. The summed E-state index contributed by atoms with van der Waals surface area (Å²) >= 11 is 0. The number of ether oxygens (including phenoxy) is 1. The maximum Gasteiger partial charge on any atom is 0.128 e. The third-order valence-corrected chi connectivity index (χ3v) is 2.71. The maximum atomic E-state index is 13.2. The molecule has 2 rings (SSSR count). The van der Waals surface area contributed by atoms with Crippen LogP contribution < -0.4 is 4.74 Å². The van der Waals surface area contributed by atoms with E-state index in [9.17, 15) is 13.9 Å². The Morgan fingerprint density at radius 3 is 2.53 bits per heavy atom. The molecule has 0 saturated heterocycles. The predicted octanol–water partition coefficient (Wildman–Crippen LogP) is 3.60. The van der Waals surface area contributed by atoms with Gasteiger partial charge in [0, 0.05) is 11.6 Å². The molecule has 1 atom stereocenters. The van der Waals surface area contributed by atoms with Gasteiger partial charge in [0.1, 0.15) is 24.0 Å². The molecule has 0 aliphatic heterocycles. The van der Waals surface area contributed by atoms with Gasteiger partial charge < -0.3 is 9.84 Å². The lowest BCUT2D eigenvalue weighted by molar-refractivity contribution is 0.190. The first-order valence-corrected chi connectivity index (χ1v) is 5.91. The minimum atomic E-state index is -0.761. The maximum absolute atomic E-state index is 13.2. The minimum Gasteiger partial charge on any atom is -0.488 e. The number of rotatable bonds is 4. The predicted molar refractivity (Wildman–Crippen MR) is 67.8 cm³/mol. The highest BCUT2D eigenvalue weighted by atomic mass is 19.1. The molecule has 0 heterocycles. The summed E-state index contributed by atoms with van der Waals surface area (Å²) in [6.07, 6.45) is -0.761. The van der Waals surface area contributed by atoms with Gasteiger partial charge in [0.25, 0.3) is 0 Å². The van der Waals surface area contributed by atoms with Gasteiger partial charge in [-0.3, -0.25) is 0 Å². The SMILES string of the molecule is CC(O)c1ccc(F)cc1OCc1cccc(F)c1. The normalized spacial score (nSPS) is 12.2. The van der Waals surface area contributed by atoms with E-state index in [1.807, 2.05) is 0 Å². The van der Waals surface area contributed by atoms with E-state index in [1.165, 1.54) is 30.3 Å². The molecule has 0 aliphatic rings. The second-order valence-corrected chi connectivity index (χ2v) is 4.28. The van der Waals surface area contributed by atoms with Crippen molar-refractivity contribution in [3.8, 4) is 5.75 Å². The Kier molecular flexibility index (Phi) is 4.12. The summed E-state index contributed by atoms with van der Waals surface area (Å²) in [6, 6.07) is 9.92. The molecular formula is C15H14F2O2. The monoisotopic (exact) mass is 264 g/mol. The Hall–Kier alpha value is -1.94. The zero-order valence-electron chi connectivity index (χ0n) is 10.4. The third kappa shape index (κ3) is 3.51. The number of benzene rings is 2. The van der Waals surface area contributed by atoms with E-state index < -0.39 is 11.9 Å². The Morgan fingerprint density at radius 1 is 1.11 bits per heavy atom. The summed E-state index contributed by atoms with van der Waals surface area (Å²) in [5.41, 5.74) is 1.14. The van der Waals surface area contributed by atoms with Crippen molar-refractivity contribution >= 4 is 0 Å². The third-order valence-electron chi connectivity index (χ3n) is 2.71. The molecule has 0 bridgehead atoms. The Balaban J connectivity index is 2.17. The summed E-state index contributed by atoms with van der Waals surface area (Å²) < 4.78 is 31.6. The van der Waals surface area contributed by atoms with Gasteiger partial charge in [-0.2, -0.15) is 0 Å². The van der Waals surface area contributed by atoms with E-state index in [-0.39, 0.29) is 18.2 Å². The van der Waals surface area contributed by atoms with Gasteiger partial charge in [-0.1, -0.05) is 12.1 Å². The Morgan fingerprint density at radius 2 is 1.84 bits per heavy atom. The number of aliphatic hydroxyl groups is 1. The molecule has 0 radical (unpaired) electrons. The Labute approximate surface area is 110 Å². The molecule has 19 heavy (non-hydrogen) atoms. The number of hydrogen-bond donors (Lipinski definition) is 1. The highest BCUT2D eigenvalue weighted by molar-refractivity contribution is 5.35. The summed E-state index contributed by atoms with van der Waals surface area (Å²) in [7, 11) is 0. The lowest BCUT2D eigenvalue weighted by Gasteiger charge is -2.13. The van der Waals surface area contributed by atoms with Crippen molar-refractivity contribution in [1.82, 2.24) is 0 Å². The van der Waals surface area contributed by atoms with Gasteiger partial charge in [-0.05, 0) is 36.8 Å². The van der Waals surface area contributed by atoms with Crippen LogP contribution in [0.5, 0.6) is 5.75 Å². The molecule has 0 amide bonds. The van der Waals surface area contributed by atoms with Gasteiger partial charge in [-0.15, -0.1) is 0 Å². The largest absolute Gasteiger partial charge is 0.488 e. The van der Waals surface area contributed by atoms with Crippen molar-refractivity contribution in [3.63, 3.8) is 0 Å². The molecule has 1 N–H and O–H groups in total. The topological polar surface area (TPSA) is 29.5 Å². The van der Waals surface area contributed by atoms with Gasteiger partial charge >= 0.3 is 0 Å². The summed E-state index contributed by atoms with van der Waals surface area (Å²) in [6.45, 7) is 1.68. The van der Waals surface area contributed by atoms with E-state index in [4.69, 9.17) is 4.74 Å². The van der Waals surface area contributed by atoms with Gasteiger partial charge in [-0.25, -0.2) is 8.78 Å². The number of aliphatic hydroxyl groups excluding tert-OH is 1. The highest BCUT2D eigenvalue weighted by Gasteiger charge is 2.10. The van der Waals surface area contributed by atoms with Gasteiger partial charge in [0.05, 0.1) is 6.10 Å². The van der Waals surface area contributed by atoms with E-state index >= 15 is 0 Å². The molecule has 0 spiro atoms. The van der Waals surface area contributed by atoms with Gasteiger partial charge in [0.2, 0.25) is 0 Å². The van der Waals surface area contributed by atoms with E-state index in [2.05, 4.69) is 0 Å². The molecule has 0 aliphatic carbocycles. The van der Waals surface area contributed by atoms with Crippen molar-refractivity contribution in [2.45, 2.75) is 19.6 Å². The average molecular weight is 264 g/mol. The van der Waals surface area contributed by atoms with Crippen LogP contribution in [0.2, 0.25) is 0 Å². The number of hydrogen-bond acceptors (Lipinski definition) is 2. The molecule has 2 aromatic rings. The van der Waals surface area contributed by atoms with Crippen LogP contribution in [0.1, 0.15) is 24.2 Å². The average Bonchev–Trinajstić information content (AvgIpc) is 2.36. The van der Waals surface area contributed by atoms with Crippen LogP contribution in [0.25, 0.3) is 0 Å². The molecule has 100 valence electrons. The first kappa shape index (κ1) is 13.5. The van der Waals surface area contributed by atoms with Crippen LogP contribution >= 0.6 is 0 Å². The van der Waals surface area contributed by atoms with E-state index in [0.29, 0.717) is 11.1 Å². The Bertz CT molecular complexity index is 568. The molecule has 2 nitrogen and oxygen atoms in total. The minimum absolute atomic E-state index is 0.112. The second kappa shape index (κ2) is 5.80. The highest BCUT2D eigenvalue weighted by Crippen LogP contribution is 2.26. The van der Waals surface area contributed by atoms with Crippen LogP contribution in [0.4, 0.5) is 8.78 Å². The van der Waals surface area contributed by atoms with Crippen molar-refractivity contribution in [2.75, 3.05) is 0 Å². The van der Waals surface area contributed by atoms with Crippen LogP contribution in [-0.2, 0) is 6.61 Å². The van der Waals surface area contributed by atoms with Crippen LogP contribution in [0, 0.1) is 11.6 Å². The molecule has 1 unspecified atom stereocenters. The van der Waals surface area contributed by atoms with Crippen molar-refractivity contribution in [1.29, 1.82) is 0 Å². The summed E-state index contributed by atoms with van der Waals surface area (Å²) in [5, 5.41) is 9.57. The molecule has 0 saturated carbocycles. The van der Waals surface area contributed by atoms with Gasteiger partial charge in [0.15, 0.2) is 0 Å². The summed E-state index contributed by atoms with van der Waals surface area (Å²) in [5.74, 6) is -0.533. The van der Waals surface area contributed by atoms with E-state index in [1.54, 1.807) is 19.1 Å². The van der Waals surface area contributed by atoms with Crippen molar-refractivity contribution in [3.05, 3.63) is 65.2 Å². The fourth-order valence-electron chi connectivity index (χ4n) is 1.77. The molecule has 4 heteroatoms.